The Morgan fingerprint density at radius 3 is 2.26 bits per heavy atom. The molecule has 1 atom stereocenters. The van der Waals surface area contributed by atoms with Crippen molar-refractivity contribution in [1.82, 2.24) is 0 Å². The number of aliphatic hydroxyl groups is 1. The fourth-order valence-electron chi connectivity index (χ4n) is 2.42. The zero-order chi connectivity index (χ0) is 16.8. The van der Waals surface area contributed by atoms with E-state index in [0.29, 0.717) is 5.75 Å². The van der Waals surface area contributed by atoms with Crippen LogP contribution >= 0.6 is 0 Å². The number of hydrogen-bond donors (Lipinski definition) is 1. The second-order valence-electron chi connectivity index (χ2n) is 6.00. The van der Waals surface area contributed by atoms with E-state index in [-0.39, 0.29) is 20.1 Å². The van der Waals surface area contributed by atoms with Gasteiger partial charge in [-0.2, -0.15) is 0 Å². The lowest BCUT2D eigenvalue weighted by Crippen LogP contribution is -2.19. The fraction of sp³-hybridized carbons (Fsp3) is 0.667. The Bertz CT molecular complexity index is 386. The predicted octanol–water partition coefficient (Wildman–Crippen LogP) is 4.38. The monoisotopic (exact) mass is 324 g/mol. The third-order valence-corrected chi connectivity index (χ3v) is 3.82. The van der Waals surface area contributed by atoms with Gasteiger partial charge >= 0.3 is 7.69 Å². The van der Waals surface area contributed by atoms with E-state index in [0.717, 1.165) is 12.8 Å². The van der Waals surface area contributed by atoms with Crippen LogP contribution in [0.3, 0.4) is 0 Å². The second-order valence-corrected chi connectivity index (χ2v) is 6.00. The highest BCUT2D eigenvalue weighted by Gasteiger charge is 2.05. The van der Waals surface area contributed by atoms with Crippen molar-refractivity contribution >= 4 is 7.69 Å². The third kappa shape index (κ3) is 11.2. The van der Waals surface area contributed by atoms with Crippen LogP contribution in [0.1, 0.15) is 64.7 Å². The number of aliphatic hydroxyl groups excluding tert-OH is 1. The highest BCUT2D eigenvalue weighted by molar-refractivity contribution is 6.19. The highest BCUT2D eigenvalue weighted by atomic mass is 19.1. The van der Waals surface area contributed by atoms with Crippen molar-refractivity contribution in [3.05, 3.63) is 30.1 Å². The fourth-order valence-corrected chi connectivity index (χ4v) is 2.42. The first-order chi connectivity index (χ1) is 11.2. The largest absolute Gasteiger partial charge is 0.539 e. The van der Waals surface area contributed by atoms with E-state index in [1.807, 2.05) is 0 Å². The minimum absolute atomic E-state index is 0.0696. The summed E-state index contributed by atoms with van der Waals surface area (Å²) in [6.07, 6.45) is 10.4. The molecule has 1 rings (SSSR count). The summed E-state index contributed by atoms with van der Waals surface area (Å²) in [4.78, 5) is 0. The molecular formula is C18H30BFO3. The van der Waals surface area contributed by atoms with Crippen LogP contribution in [-0.2, 0) is 4.65 Å². The molecule has 1 N–H and O–H groups in total. The lowest BCUT2D eigenvalue weighted by atomic mass is 10.1. The Morgan fingerprint density at radius 1 is 1.00 bits per heavy atom. The topological polar surface area (TPSA) is 38.7 Å². The Morgan fingerprint density at radius 2 is 1.61 bits per heavy atom. The van der Waals surface area contributed by atoms with Crippen LogP contribution in [0, 0.1) is 5.82 Å². The molecule has 5 heteroatoms. The summed E-state index contributed by atoms with van der Waals surface area (Å²) in [6, 6.07) is 5.78. The van der Waals surface area contributed by atoms with E-state index < -0.39 is 6.10 Å². The minimum atomic E-state index is -0.438. The standard InChI is InChI=1S/C18H30BFO3/c1-2-3-4-5-6-7-8-9-10-17(21)15-22-19-23-18-13-11-16(20)12-14-18/h11-14,17,19,21H,2-10,15H2,1H3. The molecule has 1 unspecified atom stereocenters. The Labute approximate surface area is 140 Å². The average Bonchev–Trinajstić information content (AvgIpc) is 2.56. The van der Waals surface area contributed by atoms with Gasteiger partial charge < -0.3 is 14.4 Å². The van der Waals surface area contributed by atoms with Crippen LogP contribution in [0.5, 0.6) is 5.75 Å². The van der Waals surface area contributed by atoms with Crippen molar-refractivity contribution < 1.29 is 18.8 Å². The van der Waals surface area contributed by atoms with Crippen molar-refractivity contribution in [2.45, 2.75) is 70.8 Å². The van der Waals surface area contributed by atoms with Gasteiger partial charge in [-0.1, -0.05) is 58.3 Å². The first kappa shape index (κ1) is 20.0. The lowest BCUT2D eigenvalue weighted by Gasteiger charge is -2.11. The van der Waals surface area contributed by atoms with Crippen LogP contribution in [0.2, 0.25) is 0 Å². The normalized spacial score (nSPS) is 12.1. The van der Waals surface area contributed by atoms with Crippen LogP contribution in [0.4, 0.5) is 4.39 Å². The van der Waals surface area contributed by atoms with Gasteiger partial charge in [-0.3, -0.25) is 0 Å². The highest BCUT2D eigenvalue weighted by Crippen LogP contribution is 2.12. The molecule has 0 aliphatic carbocycles. The maximum atomic E-state index is 12.7. The zero-order valence-electron chi connectivity index (χ0n) is 14.3. The summed E-state index contributed by atoms with van der Waals surface area (Å²) in [7, 11) is 0.0696. The molecule has 0 saturated heterocycles. The van der Waals surface area contributed by atoms with Crippen molar-refractivity contribution in [3.8, 4) is 5.75 Å². The Hall–Kier alpha value is -1.07. The van der Waals surface area contributed by atoms with Gasteiger partial charge in [0.25, 0.3) is 0 Å². The first-order valence-corrected chi connectivity index (χ1v) is 8.86. The maximum absolute atomic E-state index is 12.7. The van der Waals surface area contributed by atoms with Crippen LogP contribution < -0.4 is 4.65 Å². The average molecular weight is 324 g/mol. The van der Waals surface area contributed by atoms with Crippen LogP contribution in [0.15, 0.2) is 24.3 Å². The van der Waals surface area contributed by atoms with Crippen LogP contribution in [-0.4, -0.2) is 25.5 Å². The molecule has 0 aromatic heterocycles. The molecule has 0 aliphatic rings. The molecule has 0 heterocycles. The smallest absolute Gasteiger partial charge is 0.506 e. The molecular weight excluding hydrogens is 294 g/mol. The first-order valence-electron chi connectivity index (χ1n) is 8.86. The molecule has 0 bridgehead atoms. The van der Waals surface area contributed by atoms with E-state index in [1.165, 1.54) is 57.1 Å². The maximum Gasteiger partial charge on any atom is 0.506 e. The van der Waals surface area contributed by atoms with E-state index in [9.17, 15) is 9.50 Å². The third-order valence-electron chi connectivity index (χ3n) is 3.82. The number of rotatable bonds is 14. The van der Waals surface area contributed by atoms with Gasteiger partial charge in [0.05, 0.1) is 12.7 Å². The van der Waals surface area contributed by atoms with Gasteiger partial charge in [-0.15, -0.1) is 0 Å². The Kier molecular flexibility index (Phi) is 11.6. The molecule has 130 valence electrons. The summed E-state index contributed by atoms with van der Waals surface area (Å²) in [5, 5.41) is 9.83. The van der Waals surface area contributed by atoms with Gasteiger partial charge in [0.2, 0.25) is 0 Å². The summed E-state index contributed by atoms with van der Waals surface area (Å²) in [5.41, 5.74) is 0. The molecule has 0 saturated carbocycles. The number of halogens is 1. The van der Waals surface area contributed by atoms with Crippen molar-refractivity contribution in [1.29, 1.82) is 0 Å². The van der Waals surface area contributed by atoms with E-state index in [1.54, 1.807) is 12.1 Å². The van der Waals surface area contributed by atoms with Crippen molar-refractivity contribution in [3.63, 3.8) is 0 Å². The van der Waals surface area contributed by atoms with Gasteiger partial charge in [-0.05, 0) is 30.7 Å². The van der Waals surface area contributed by atoms with Crippen molar-refractivity contribution in [2.75, 3.05) is 6.61 Å². The van der Waals surface area contributed by atoms with Gasteiger partial charge in [0.1, 0.15) is 11.6 Å². The van der Waals surface area contributed by atoms with Crippen molar-refractivity contribution in [2.24, 2.45) is 0 Å². The summed E-state index contributed by atoms with van der Waals surface area (Å²) in [6.45, 7) is 2.51. The number of benzene rings is 1. The molecule has 0 radical (unpaired) electrons. The predicted molar refractivity (Wildman–Crippen MR) is 93.4 cm³/mol. The second kappa shape index (κ2) is 13.4. The summed E-state index contributed by atoms with van der Waals surface area (Å²) >= 11 is 0. The Balaban J connectivity index is 1.90. The molecule has 0 amide bonds. The lowest BCUT2D eigenvalue weighted by molar-refractivity contribution is 0.0930. The molecule has 3 nitrogen and oxygen atoms in total. The molecule has 0 spiro atoms. The van der Waals surface area contributed by atoms with Gasteiger partial charge in [0.15, 0.2) is 0 Å². The van der Waals surface area contributed by atoms with Gasteiger partial charge in [-0.25, -0.2) is 4.39 Å². The SMILES string of the molecule is CCCCCCCCCCC(O)COBOc1ccc(F)cc1. The number of hydrogen-bond acceptors (Lipinski definition) is 3. The van der Waals surface area contributed by atoms with Crippen LogP contribution in [0.25, 0.3) is 0 Å². The van der Waals surface area contributed by atoms with Gasteiger partial charge in [0, 0.05) is 0 Å². The zero-order valence-corrected chi connectivity index (χ0v) is 14.3. The number of unbranched alkanes of at least 4 members (excludes halogenated alkanes) is 7. The molecule has 1 aromatic rings. The molecule has 0 aliphatic heterocycles. The molecule has 23 heavy (non-hydrogen) atoms. The summed E-state index contributed by atoms with van der Waals surface area (Å²) in [5.74, 6) is 0.267. The quantitative estimate of drug-likeness (QED) is 0.408. The summed E-state index contributed by atoms with van der Waals surface area (Å²) < 4.78 is 23.3. The molecule has 1 aromatic carbocycles. The van der Waals surface area contributed by atoms with E-state index in [4.69, 9.17) is 9.31 Å². The van der Waals surface area contributed by atoms with E-state index >= 15 is 0 Å². The minimum Gasteiger partial charge on any atom is -0.539 e. The van der Waals surface area contributed by atoms with E-state index in [2.05, 4.69) is 6.92 Å². The molecule has 0 fully saturated rings.